The number of hydrogen-bond acceptors (Lipinski definition) is 8. The number of benzene rings is 1. The molecule has 5 rings (SSSR count). The van der Waals surface area contributed by atoms with E-state index in [1.807, 2.05) is 37.3 Å². The summed E-state index contributed by atoms with van der Waals surface area (Å²) in [6.07, 6.45) is 4.49. The van der Waals surface area contributed by atoms with E-state index in [-0.39, 0.29) is 25.0 Å². The molecule has 10 nitrogen and oxygen atoms in total. The van der Waals surface area contributed by atoms with Gasteiger partial charge in [0.05, 0.1) is 37.4 Å². The Morgan fingerprint density at radius 3 is 2.60 bits per heavy atom. The number of aliphatic hydroxyl groups is 1. The molecule has 4 aliphatic heterocycles. The molecule has 0 aliphatic carbocycles. The van der Waals surface area contributed by atoms with Gasteiger partial charge in [-0.05, 0) is 31.7 Å². The molecule has 2 unspecified atom stereocenters. The molecule has 2 bridgehead atoms. The van der Waals surface area contributed by atoms with E-state index in [9.17, 15) is 19.5 Å². The molecule has 4 heterocycles. The Labute approximate surface area is 247 Å². The first-order chi connectivity index (χ1) is 20.3. The summed E-state index contributed by atoms with van der Waals surface area (Å²) in [4.78, 5) is 48.1. The van der Waals surface area contributed by atoms with E-state index >= 15 is 0 Å². The Kier molecular flexibility index (Phi) is 9.17. The summed E-state index contributed by atoms with van der Waals surface area (Å²) in [5, 5.41) is 10.7. The van der Waals surface area contributed by atoms with Crippen LogP contribution in [0.5, 0.6) is 0 Å². The van der Waals surface area contributed by atoms with Crippen LogP contribution in [0.2, 0.25) is 0 Å². The Balaban J connectivity index is 1.52. The van der Waals surface area contributed by atoms with Crippen molar-refractivity contribution < 1.29 is 33.7 Å². The Bertz CT molecular complexity index is 1170. The number of esters is 1. The molecule has 42 heavy (non-hydrogen) atoms. The zero-order valence-electron chi connectivity index (χ0n) is 24.5. The Morgan fingerprint density at radius 2 is 1.93 bits per heavy atom. The van der Waals surface area contributed by atoms with Crippen molar-refractivity contribution in [2.45, 2.75) is 49.5 Å². The van der Waals surface area contributed by atoms with Crippen LogP contribution in [0.3, 0.4) is 0 Å². The Hall–Kier alpha value is -3.05. The van der Waals surface area contributed by atoms with Crippen molar-refractivity contribution in [1.29, 1.82) is 0 Å². The van der Waals surface area contributed by atoms with Gasteiger partial charge in [0.2, 0.25) is 11.8 Å². The van der Waals surface area contributed by atoms with Crippen LogP contribution < -0.4 is 0 Å². The van der Waals surface area contributed by atoms with E-state index < -0.39 is 41.1 Å². The summed E-state index contributed by atoms with van der Waals surface area (Å²) in [7, 11) is 0. The Morgan fingerprint density at radius 1 is 1.19 bits per heavy atom. The first kappa shape index (κ1) is 30.4. The van der Waals surface area contributed by atoms with Gasteiger partial charge in [-0.1, -0.05) is 49.1 Å². The lowest BCUT2D eigenvalue weighted by Gasteiger charge is -2.40. The van der Waals surface area contributed by atoms with Crippen molar-refractivity contribution >= 4 is 17.8 Å². The third kappa shape index (κ3) is 5.41. The van der Waals surface area contributed by atoms with Gasteiger partial charge in [0.1, 0.15) is 24.2 Å². The molecule has 10 heteroatoms. The topological polar surface area (TPSA) is 109 Å². The van der Waals surface area contributed by atoms with Gasteiger partial charge >= 0.3 is 5.97 Å². The molecule has 0 radical (unpaired) electrons. The molecular formula is C32H43N3O7. The minimum Gasteiger partial charge on any atom is -0.461 e. The maximum atomic E-state index is 14.7. The average Bonchev–Trinajstić information content (AvgIpc) is 3.58. The highest BCUT2D eigenvalue weighted by Gasteiger charge is 2.79. The van der Waals surface area contributed by atoms with Crippen molar-refractivity contribution in [2.24, 2.45) is 11.8 Å². The molecule has 1 aromatic carbocycles. The summed E-state index contributed by atoms with van der Waals surface area (Å²) in [6, 6.07) is 7.90. The molecule has 228 valence electrons. The number of rotatable bonds is 13. The number of amides is 2. The lowest BCUT2D eigenvalue weighted by Crippen LogP contribution is -2.60. The second kappa shape index (κ2) is 12.7. The standard InChI is InChI=1S/C32H43N3O7/c1-4-13-34(15-14-33-16-19-40-20-17-33)29(38)27-32-12-11-31(3,42-32)26(30(39)41-18-5-2)25(32)28(37)35(27)24(22-36)21-23-9-7-6-8-10-23/h4-10,24-27,36H,1-2,11-22H2,3H3/t24-,25+,26-,27?,31+,32?/m1/s1. The number of carbonyl (C=O) groups is 3. The van der Waals surface area contributed by atoms with Crippen molar-refractivity contribution in [1.82, 2.24) is 14.7 Å². The average molecular weight is 582 g/mol. The fourth-order valence-electron chi connectivity index (χ4n) is 7.47. The largest absolute Gasteiger partial charge is 0.461 e. The van der Waals surface area contributed by atoms with E-state index in [0.717, 1.165) is 18.7 Å². The number of hydrogen-bond donors (Lipinski definition) is 1. The SMILES string of the molecule is C=CCOC(=O)[C@H]1[C@H]2C(=O)N([C@@H](CO)Cc3ccccc3)C(C(=O)N(CC=C)CCN3CCOCC3)C23CC[C@]1(C)O3. The van der Waals surface area contributed by atoms with Crippen LogP contribution in [-0.2, 0) is 35.0 Å². The molecular weight excluding hydrogens is 538 g/mol. The smallest absolute Gasteiger partial charge is 0.313 e. The molecule has 6 atom stereocenters. The molecule has 2 amide bonds. The quantitative estimate of drug-likeness (QED) is 0.275. The van der Waals surface area contributed by atoms with E-state index in [4.69, 9.17) is 14.2 Å². The van der Waals surface area contributed by atoms with Crippen LogP contribution in [0.25, 0.3) is 0 Å². The van der Waals surface area contributed by atoms with Crippen molar-refractivity contribution in [3.05, 3.63) is 61.2 Å². The molecule has 0 saturated carbocycles. The first-order valence-corrected chi connectivity index (χ1v) is 14.9. The second-order valence-electron chi connectivity index (χ2n) is 11.9. The highest BCUT2D eigenvalue weighted by molar-refractivity contribution is 5.98. The van der Waals surface area contributed by atoms with Crippen LogP contribution >= 0.6 is 0 Å². The summed E-state index contributed by atoms with van der Waals surface area (Å²) in [6.45, 7) is 13.3. The van der Waals surface area contributed by atoms with Gasteiger partial charge < -0.3 is 29.1 Å². The zero-order chi connectivity index (χ0) is 29.9. The van der Waals surface area contributed by atoms with E-state index in [2.05, 4.69) is 18.1 Å². The highest BCUT2D eigenvalue weighted by Crippen LogP contribution is 2.63. The van der Waals surface area contributed by atoms with Crippen LogP contribution in [0.4, 0.5) is 0 Å². The lowest BCUT2D eigenvalue weighted by molar-refractivity contribution is -0.161. The zero-order valence-corrected chi connectivity index (χ0v) is 24.5. The van der Waals surface area contributed by atoms with E-state index in [0.29, 0.717) is 52.1 Å². The normalized spacial score (nSPS) is 31.0. The van der Waals surface area contributed by atoms with Crippen molar-refractivity contribution in [2.75, 3.05) is 59.2 Å². The molecule has 0 aromatic heterocycles. The van der Waals surface area contributed by atoms with Gasteiger partial charge in [-0.15, -0.1) is 6.58 Å². The summed E-state index contributed by atoms with van der Waals surface area (Å²) < 4.78 is 17.7. The fourth-order valence-corrected chi connectivity index (χ4v) is 7.47. The van der Waals surface area contributed by atoms with Gasteiger partial charge in [0.25, 0.3) is 0 Å². The van der Waals surface area contributed by atoms with Gasteiger partial charge in [0.15, 0.2) is 0 Å². The monoisotopic (exact) mass is 581 g/mol. The third-order valence-electron chi connectivity index (χ3n) is 9.42. The minimum absolute atomic E-state index is 0.0212. The van der Waals surface area contributed by atoms with Gasteiger partial charge in [0, 0.05) is 32.7 Å². The van der Waals surface area contributed by atoms with Gasteiger partial charge in [-0.2, -0.15) is 0 Å². The predicted molar refractivity (Wildman–Crippen MR) is 155 cm³/mol. The number of likely N-dealkylation sites (tertiary alicyclic amines) is 1. The number of aliphatic hydroxyl groups excluding tert-OH is 1. The summed E-state index contributed by atoms with van der Waals surface area (Å²) >= 11 is 0. The number of fused-ring (bicyclic) bond motifs is 1. The summed E-state index contributed by atoms with van der Waals surface area (Å²) in [5.74, 6) is -2.88. The first-order valence-electron chi connectivity index (χ1n) is 14.9. The predicted octanol–water partition coefficient (Wildman–Crippen LogP) is 1.43. The number of carbonyl (C=O) groups excluding carboxylic acids is 3. The minimum atomic E-state index is -1.21. The van der Waals surface area contributed by atoms with E-state index in [1.165, 1.54) is 11.0 Å². The number of nitrogens with zero attached hydrogens (tertiary/aromatic N) is 3. The van der Waals surface area contributed by atoms with Gasteiger partial charge in [-0.3, -0.25) is 19.3 Å². The maximum absolute atomic E-state index is 14.7. The van der Waals surface area contributed by atoms with Crippen LogP contribution in [0, 0.1) is 11.8 Å². The second-order valence-corrected chi connectivity index (χ2v) is 11.9. The maximum Gasteiger partial charge on any atom is 0.313 e. The van der Waals surface area contributed by atoms with Crippen LogP contribution in [-0.4, -0.2) is 120 Å². The highest BCUT2D eigenvalue weighted by atomic mass is 16.6. The third-order valence-corrected chi connectivity index (χ3v) is 9.42. The van der Waals surface area contributed by atoms with Crippen LogP contribution in [0.15, 0.2) is 55.6 Å². The molecule has 1 N–H and O–H groups in total. The molecule has 1 aromatic rings. The number of morpholine rings is 1. The van der Waals surface area contributed by atoms with Crippen molar-refractivity contribution in [3.8, 4) is 0 Å². The van der Waals surface area contributed by atoms with Crippen LogP contribution in [0.1, 0.15) is 25.3 Å². The molecule has 4 saturated heterocycles. The fraction of sp³-hybridized carbons (Fsp3) is 0.594. The van der Waals surface area contributed by atoms with Crippen molar-refractivity contribution in [3.63, 3.8) is 0 Å². The van der Waals surface area contributed by atoms with E-state index in [1.54, 1.807) is 11.0 Å². The molecule has 1 spiro atoms. The molecule has 4 fully saturated rings. The summed E-state index contributed by atoms with van der Waals surface area (Å²) in [5.41, 5.74) is -1.21. The molecule has 4 aliphatic rings. The van der Waals surface area contributed by atoms with Gasteiger partial charge in [-0.25, -0.2) is 0 Å². The number of ether oxygens (including phenoxy) is 3. The lowest BCUT2D eigenvalue weighted by atomic mass is 9.66.